The van der Waals surface area contributed by atoms with Gasteiger partial charge in [0.2, 0.25) is 5.88 Å². The lowest BCUT2D eigenvalue weighted by Crippen LogP contribution is -2.32. The number of amides is 1. The molecule has 1 atom stereocenters. The Morgan fingerprint density at radius 2 is 2.23 bits per heavy atom. The highest BCUT2D eigenvalue weighted by atomic mass is 16.5. The van der Waals surface area contributed by atoms with Crippen molar-refractivity contribution in [1.29, 1.82) is 0 Å². The molecule has 0 aliphatic carbocycles. The van der Waals surface area contributed by atoms with Gasteiger partial charge in [0.15, 0.2) is 5.69 Å². The van der Waals surface area contributed by atoms with Crippen molar-refractivity contribution in [3.8, 4) is 5.88 Å². The molecule has 1 amide bonds. The monoisotopic (exact) mass is 301 g/mol. The molecule has 0 spiro atoms. The molecular formula is C16H19N3O3. The second-order valence-corrected chi connectivity index (χ2v) is 5.29. The number of benzene rings is 1. The minimum Gasteiger partial charge on any atom is -0.476 e. The second kappa shape index (κ2) is 6.19. The van der Waals surface area contributed by atoms with E-state index in [9.17, 15) is 9.90 Å². The Bertz CT molecular complexity index is 632. The Morgan fingerprint density at radius 3 is 2.91 bits per heavy atom. The lowest BCUT2D eigenvalue weighted by molar-refractivity contribution is 0.0698. The van der Waals surface area contributed by atoms with Crippen LogP contribution < -0.4 is 4.74 Å². The zero-order valence-electron chi connectivity index (χ0n) is 12.5. The minimum atomic E-state index is -0.184. The molecule has 1 aliphatic heterocycles. The summed E-state index contributed by atoms with van der Waals surface area (Å²) < 4.78 is 7.09. The van der Waals surface area contributed by atoms with E-state index in [1.165, 1.54) is 0 Å². The van der Waals surface area contributed by atoms with Crippen molar-refractivity contribution < 1.29 is 14.6 Å². The van der Waals surface area contributed by atoms with E-state index in [2.05, 4.69) is 5.10 Å². The number of carbonyl (C=O) groups is 1. The summed E-state index contributed by atoms with van der Waals surface area (Å²) in [7, 11) is 1.74. The summed E-state index contributed by atoms with van der Waals surface area (Å²) in [5, 5.41) is 13.6. The third-order valence-corrected chi connectivity index (χ3v) is 3.89. The zero-order chi connectivity index (χ0) is 15.5. The van der Waals surface area contributed by atoms with E-state index in [0.29, 0.717) is 31.1 Å². The molecule has 0 saturated carbocycles. The van der Waals surface area contributed by atoms with Gasteiger partial charge in [-0.1, -0.05) is 30.3 Å². The van der Waals surface area contributed by atoms with Crippen LogP contribution in [0.3, 0.4) is 0 Å². The molecule has 0 fully saturated rings. The molecule has 22 heavy (non-hydrogen) atoms. The first kappa shape index (κ1) is 14.6. The Balaban J connectivity index is 1.82. The fraction of sp³-hybridized carbons (Fsp3) is 0.375. The number of fused-ring (bicyclic) bond motifs is 1. The van der Waals surface area contributed by atoms with Crippen LogP contribution in [0.2, 0.25) is 0 Å². The summed E-state index contributed by atoms with van der Waals surface area (Å²) in [5.74, 6) is 0.461. The SMILES string of the molecule is CN(C(=O)c1cc2n(n1)CCO2)C(CCO)c1ccccc1. The standard InChI is InChI=1S/C16H19N3O3/c1-18(14(7-9-20)12-5-3-2-4-6-12)16(21)13-11-15-19(17-13)8-10-22-15/h2-6,11,14,20H,7-10H2,1H3. The largest absolute Gasteiger partial charge is 0.476 e. The lowest BCUT2D eigenvalue weighted by atomic mass is 10.0. The highest BCUT2D eigenvalue weighted by Crippen LogP contribution is 2.26. The van der Waals surface area contributed by atoms with E-state index in [1.54, 1.807) is 22.7 Å². The maximum absolute atomic E-state index is 12.7. The van der Waals surface area contributed by atoms with Crippen LogP contribution in [0.25, 0.3) is 0 Å². The van der Waals surface area contributed by atoms with Gasteiger partial charge in [-0.3, -0.25) is 4.79 Å². The highest BCUT2D eigenvalue weighted by Gasteiger charge is 2.26. The van der Waals surface area contributed by atoms with E-state index in [-0.39, 0.29) is 18.6 Å². The first-order chi connectivity index (χ1) is 10.7. The summed E-state index contributed by atoms with van der Waals surface area (Å²) in [4.78, 5) is 14.3. The van der Waals surface area contributed by atoms with Crippen molar-refractivity contribution in [1.82, 2.24) is 14.7 Å². The van der Waals surface area contributed by atoms with Crippen LogP contribution in [0.4, 0.5) is 0 Å². The Morgan fingerprint density at radius 1 is 1.45 bits per heavy atom. The maximum atomic E-state index is 12.7. The number of aromatic nitrogens is 2. The summed E-state index contributed by atoms with van der Waals surface area (Å²) in [6.07, 6.45) is 0.482. The average molecular weight is 301 g/mol. The van der Waals surface area contributed by atoms with Gasteiger partial charge in [-0.25, -0.2) is 4.68 Å². The lowest BCUT2D eigenvalue weighted by Gasteiger charge is -2.27. The predicted molar refractivity (Wildman–Crippen MR) is 80.7 cm³/mol. The Hall–Kier alpha value is -2.34. The number of aliphatic hydroxyl groups is 1. The minimum absolute atomic E-state index is 0.0139. The zero-order valence-corrected chi connectivity index (χ0v) is 12.5. The van der Waals surface area contributed by atoms with Crippen LogP contribution in [0.5, 0.6) is 5.88 Å². The topological polar surface area (TPSA) is 67.6 Å². The number of hydrogen-bond donors (Lipinski definition) is 1. The Kier molecular flexibility index (Phi) is 4.11. The first-order valence-corrected chi connectivity index (χ1v) is 7.34. The van der Waals surface area contributed by atoms with Gasteiger partial charge >= 0.3 is 0 Å². The maximum Gasteiger partial charge on any atom is 0.274 e. The molecular weight excluding hydrogens is 282 g/mol. The Labute approximate surface area is 128 Å². The van der Waals surface area contributed by atoms with Crippen LogP contribution in [0, 0.1) is 0 Å². The molecule has 1 aromatic carbocycles. The average Bonchev–Trinajstić information content (AvgIpc) is 3.13. The number of rotatable bonds is 5. The van der Waals surface area contributed by atoms with Crippen molar-refractivity contribution in [2.75, 3.05) is 20.3 Å². The second-order valence-electron chi connectivity index (χ2n) is 5.29. The number of carbonyl (C=O) groups excluding carboxylic acids is 1. The summed E-state index contributed by atoms with van der Waals surface area (Å²) in [6, 6.07) is 11.2. The van der Waals surface area contributed by atoms with E-state index in [0.717, 1.165) is 5.56 Å². The third-order valence-electron chi connectivity index (χ3n) is 3.89. The van der Waals surface area contributed by atoms with Gasteiger partial charge in [0, 0.05) is 19.7 Å². The van der Waals surface area contributed by atoms with Gasteiger partial charge in [0.1, 0.15) is 6.61 Å². The molecule has 0 bridgehead atoms. The van der Waals surface area contributed by atoms with Gasteiger partial charge in [-0.2, -0.15) is 5.10 Å². The third kappa shape index (κ3) is 2.69. The van der Waals surface area contributed by atoms with Crippen LogP contribution in [0.1, 0.15) is 28.5 Å². The number of ether oxygens (including phenoxy) is 1. The first-order valence-electron chi connectivity index (χ1n) is 7.34. The molecule has 2 heterocycles. The van der Waals surface area contributed by atoms with Crippen molar-refractivity contribution in [2.45, 2.75) is 19.0 Å². The number of hydrogen-bond acceptors (Lipinski definition) is 4. The summed E-state index contributed by atoms with van der Waals surface area (Å²) in [6.45, 7) is 1.29. The molecule has 0 radical (unpaired) electrons. The highest BCUT2D eigenvalue weighted by molar-refractivity contribution is 5.92. The van der Waals surface area contributed by atoms with Gasteiger partial charge in [0.05, 0.1) is 12.6 Å². The molecule has 6 heteroatoms. The summed E-state index contributed by atoms with van der Waals surface area (Å²) in [5.41, 5.74) is 1.37. The van der Waals surface area contributed by atoms with Crippen molar-refractivity contribution >= 4 is 5.91 Å². The van der Waals surface area contributed by atoms with Crippen LogP contribution in [0.15, 0.2) is 36.4 Å². The predicted octanol–water partition coefficient (Wildman–Crippen LogP) is 1.47. The molecule has 3 rings (SSSR count). The number of nitrogens with zero attached hydrogens (tertiary/aromatic N) is 3. The molecule has 1 unspecified atom stereocenters. The van der Waals surface area contributed by atoms with Gasteiger partial charge in [-0.05, 0) is 12.0 Å². The van der Waals surface area contributed by atoms with Crippen LogP contribution >= 0.6 is 0 Å². The normalized spacial score (nSPS) is 14.3. The quantitative estimate of drug-likeness (QED) is 0.908. The van der Waals surface area contributed by atoms with Crippen molar-refractivity contribution in [3.63, 3.8) is 0 Å². The summed E-state index contributed by atoms with van der Waals surface area (Å²) >= 11 is 0. The van der Waals surface area contributed by atoms with Gasteiger partial charge < -0.3 is 14.7 Å². The molecule has 1 aromatic heterocycles. The van der Waals surface area contributed by atoms with Gasteiger partial charge in [-0.15, -0.1) is 0 Å². The molecule has 6 nitrogen and oxygen atoms in total. The number of aliphatic hydroxyl groups excluding tert-OH is 1. The van der Waals surface area contributed by atoms with Crippen molar-refractivity contribution in [3.05, 3.63) is 47.7 Å². The fourth-order valence-electron chi connectivity index (χ4n) is 2.72. The van der Waals surface area contributed by atoms with Crippen molar-refractivity contribution in [2.24, 2.45) is 0 Å². The van der Waals surface area contributed by atoms with Crippen LogP contribution in [-0.2, 0) is 6.54 Å². The van der Waals surface area contributed by atoms with E-state index in [1.807, 2.05) is 30.3 Å². The van der Waals surface area contributed by atoms with E-state index in [4.69, 9.17) is 4.74 Å². The van der Waals surface area contributed by atoms with Gasteiger partial charge in [0.25, 0.3) is 5.91 Å². The van der Waals surface area contributed by atoms with E-state index < -0.39 is 0 Å². The molecule has 116 valence electrons. The van der Waals surface area contributed by atoms with Crippen LogP contribution in [-0.4, -0.2) is 46.0 Å². The fourth-order valence-corrected chi connectivity index (χ4v) is 2.72. The molecule has 0 saturated heterocycles. The van der Waals surface area contributed by atoms with E-state index >= 15 is 0 Å². The molecule has 1 aliphatic rings. The molecule has 2 aromatic rings. The smallest absolute Gasteiger partial charge is 0.274 e. The molecule has 1 N–H and O–H groups in total.